The van der Waals surface area contributed by atoms with Crippen LogP contribution < -0.4 is 10.6 Å². The van der Waals surface area contributed by atoms with E-state index >= 15 is 0 Å². The van der Waals surface area contributed by atoms with Crippen LogP contribution in [0.4, 0.5) is 10.5 Å². The summed E-state index contributed by atoms with van der Waals surface area (Å²) in [5, 5.41) is 5.80. The Balaban J connectivity index is 1.55. The minimum Gasteiger partial charge on any atom is -0.438 e. The van der Waals surface area contributed by atoms with E-state index in [1.165, 1.54) is 4.90 Å². The zero-order valence-corrected chi connectivity index (χ0v) is 19.6. The van der Waals surface area contributed by atoms with Gasteiger partial charge in [-0.05, 0) is 35.2 Å². The molecule has 35 heavy (non-hydrogen) atoms. The Morgan fingerprint density at radius 2 is 1.60 bits per heavy atom. The highest BCUT2D eigenvalue weighted by Crippen LogP contribution is 2.35. The molecule has 3 aromatic carbocycles. The van der Waals surface area contributed by atoms with E-state index in [-0.39, 0.29) is 24.8 Å². The Morgan fingerprint density at radius 1 is 0.914 bits per heavy atom. The van der Waals surface area contributed by atoms with Gasteiger partial charge in [0.15, 0.2) is 12.1 Å². The fourth-order valence-corrected chi connectivity index (χ4v) is 4.12. The highest BCUT2D eigenvalue weighted by molar-refractivity contribution is 5.92. The van der Waals surface area contributed by atoms with Crippen molar-refractivity contribution in [2.45, 2.75) is 38.5 Å². The topological polar surface area (TPSA) is 87.7 Å². The summed E-state index contributed by atoms with van der Waals surface area (Å²) in [6, 6.07) is 25.3. The molecular weight excluding hydrogens is 442 g/mol. The zero-order valence-electron chi connectivity index (χ0n) is 19.6. The van der Waals surface area contributed by atoms with Crippen molar-refractivity contribution < 1.29 is 19.1 Å². The third-order valence-corrected chi connectivity index (χ3v) is 5.80. The van der Waals surface area contributed by atoms with E-state index in [9.17, 15) is 14.4 Å². The first kappa shape index (κ1) is 24.0. The molecule has 7 heteroatoms. The van der Waals surface area contributed by atoms with Gasteiger partial charge in [0.05, 0.1) is 13.0 Å². The lowest BCUT2D eigenvalue weighted by Crippen LogP contribution is -2.46. The molecule has 0 bridgehead atoms. The third kappa shape index (κ3) is 6.06. The number of benzene rings is 3. The first-order valence-corrected chi connectivity index (χ1v) is 11.8. The number of carbonyl (C=O) groups excluding carboxylic acids is 3. The normalized spacial score (nSPS) is 17.1. The number of nitrogens with zero attached hydrogens (tertiary/aromatic N) is 1. The van der Waals surface area contributed by atoms with Gasteiger partial charge >= 0.3 is 6.09 Å². The average Bonchev–Trinajstić information content (AvgIpc) is 3.19. The summed E-state index contributed by atoms with van der Waals surface area (Å²) in [6.45, 7) is 2.73. The first-order valence-electron chi connectivity index (χ1n) is 11.8. The van der Waals surface area contributed by atoms with Crippen molar-refractivity contribution in [3.8, 4) is 0 Å². The van der Waals surface area contributed by atoms with E-state index in [1.807, 2.05) is 67.6 Å². The average molecular weight is 472 g/mol. The molecule has 0 radical (unpaired) electrons. The fraction of sp³-hybridized carbons (Fsp3) is 0.250. The van der Waals surface area contributed by atoms with E-state index in [1.54, 1.807) is 24.3 Å². The quantitative estimate of drug-likeness (QED) is 0.483. The molecule has 180 valence electrons. The van der Waals surface area contributed by atoms with E-state index < -0.39 is 18.2 Å². The minimum atomic E-state index is -0.829. The lowest BCUT2D eigenvalue weighted by atomic mass is 10.00. The van der Waals surface area contributed by atoms with Crippen molar-refractivity contribution in [1.29, 1.82) is 0 Å². The van der Waals surface area contributed by atoms with E-state index in [4.69, 9.17) is 4.74 Å². The minimum absolute atomic E-state index is 0.153. The summed E-state index contributed by atoms with van der Waals surface area (Å²) in [5.74, 6) is -0.420. The molecule has 0 aromatic heterocycles. The van der Waals surface area contributed by atoms with Gasteiger partial charge in [-0.3, -0.25) is 14.5 Å². The van der Waals surface area contributed by atoms with Crippen molar-refractivity contribution in [3.63, 3.8) is 0 Å². The summed E-state index contributed by atoms with van der Waals surface area (Å²) in [5.41, 5.74) is 3.03. The van der Waals surface area contributed by atoms with Gasteiger partial charge in [-0.25, -0.2) is 4.79 Å². The van der Waals surface area contributed by atoms with Crippen LogP contribution in [0.15, 0.2) is 84.9 Å². The van der Waals surface area contributed by atoms with Crippen molar-refractivity contribution in [3.05, 3.63) is 102 Å². The van der Waals surface area contributed by atoms with Gasteiger partial charge in [0.25, 0.3) is 0 Å². The highest BCUT2D eigenvalue weighted by Gasteiger charge is 2.46. The number of hydrogen-bond donors (Lipinski definition) is 2. The molecule has 3 amide bonds. The summed E-state index contributed by atoms with van der Waals surface area (Å²) >= 11 is 0. The molecule has 1 saturated heterocycles. The van der Waals surface area contributed by atoms with Crippen LogP contribution in [0.1, 0.15) is 36.1 Å². The summed E-state index contributed by atoms with van der Waals surface area (Å²) in [6.07, 6.45) is -0.321. The van der Waals surface area contributed by atoms with Crippen LogP contribution in [0, 0.1) is 0 Å². The molecule has 1 aliphatic rings. The van der Waals surface area contributed by atoms with Crippen molar-refractivity contribution in [2.75, 3.05) is 11.9 Å². The maximum absolute atomic E-state index is 13.1. The predicted octanol–water partition coefficient (Wildman–Crippen LogP) is 4.46. The smallest absolute Gasteiger partial charge is 0.411 e. The number of hydrogen-bond acceptors (Lipinski definition) is 4. The maximum atomic E-state index is 13.1. The molecule has 2 unspecified atom stereocenters. The number of carbonyl (C=O) groups is 3. The molecule has 1 fully saturated rings. The fourth-order valence-electron chi connectivity index (χ4n) is 4.12. The molecule has 1 aliphatic heterocycles. The van der Waals surface area contributed by atoms with Crippen LogP contribution in [0.2, 0.25) is 0 Å². The molecule has 0 aliphatic carbocycles. The Bertz CT molecular complexity index is 1170. The van der Waals surface area contributed by atoms with Gasteiger partial charge in [0.2, 0.25) is 11.8 Å². The Hall–Kier alpha value is -4.13. The van der Waals surface area contributed by atoms with Crippen LogP contribution in [0.5, 0.6) is 0 Å². The van der Waals surface area contributed by atoms with Crippen LogP contribution >= 0.6 is 0 Å². The van der Waals surface area contributed by atoms with Crippen LogP contribution in [0.3, 0.4) is 0 Å². The molecule has 2 N–H and O–H groups in total. The predicted molar refractivity (Wildman–Crippen MR) is 134 cm³/mol. The maximum Gasteiger partial charge on any atom is 0.411 e. The van der Waals surface area contributed by atoms with Crippen LogP contribution in [-0.4, -0.2) is 35.4 Å². The number of rotatable bonds is 9. The molecule has 2 atom stereocenters. The number of nitrogens with one attached hydrogen (secondary N) is 2. The summed E-state index contributed by atoms with van der Waals surface area (Å²) < 4.78 is 5.72. The Morgan fingerprint density at radius 3 is 2.29 bits per heavy atom. The van der Waals surface area contributed by atoms with Gasteiger partial charge in [0.1, 0.15) is 0 Å². The van der Waals surface area contributed by atoms with E-state index in [2.05, 4.69) is 10.6 Å². The Kier molecular flexibility index (Phi) is 7.77. The summed E-state index contributed by atoms with van der Waals surface area (Å²) in [4.78, 5) is 40.0. The van der Waals surface area contributed by atoms with Gasteiger partial charge in [0, 0.05) is 12.2 Å². The molecular formula is C28H29N3O4. The van der Waals surface area contributed by atoms with Crippen molar-refractivity contribution >= 4 is 23.6 Å². The lowest BCUT2D eigenvalue weighted by Gasteiger charge is -2.24. The lowest BCUT2D eigenvalue weighted by molar-refractivity contribution is -0.126. The van der Waals surface area contributed by atoms with E-state index in [0.717, 1.165) is 17.5 Å². The van der Waals surface area contributed by atoms with Crippen molar-refractivity contribution in [1.82, 2.24) is 10.2 Å². The third-order valence-electron chi connectivity index (χ3n) is 5.80. The zero-order chi connectivity index (χ0) is 24.6. The molecule has 3 aromatic rings. The van der Waals surface area contributed by atoms with Crippen molar-refractivity contribution in [2.24, 2.45) is 0 Å². The van der Waals surface area contributed by atoms with Gasteiger partial charge < -0.3 is 15.4 Å². The van der Waals surface area contributed by atoms with Crippen LogP contribution in [0.25, 0.3) is 0 Å². The molecule has 0 saturated carbocycles. The first-order chi connectivity index (χ1) is 17.0. The number of anilines is 1. The second-order valence-electron chi connectivity index (χ2n) is 8.49. The second-order valence-corrected chi connectivity index (χ2v) is 8.49. The van der Waals surface area contributed by atoms with Gasteiger partial charge in [-0.2, -0.15) is 0 Å². The standard InChI is InChI=1S/C28H29N3O4/c1-2-16-29-27(33)25-26(35-28(34)31(25)19-21-12-7-4-8-13-21)22-14-9-15-23(18-22)30-24(32)17-20-10-5-3-6-11-20/h3-15,18,25-26H,2,16-17,19H2,1H3,(H,29,33)(H,30,32). The monoisotopic (exact) mass is 471 g/mol. The SMILES string of the molecule is CCCNC(=O)C1C(c2cccc(NC(=O)Cc3ccccc3)c2)OC(=O)N1Cc1ccccc1. The number of cyclic esters (lactones) is 1. The molecule has 0 spiro atoms. The highest BCUT2D eigenvalue weighted by atomic mass is 16.6. The molecule has 7 nitrogen and oxygen atoms in total. The number of amides is 3. The van der Waals surface area contributed by atoms with Crippen LogP contribution in [-0.2, 0) is 27.3 Å². The second kappa shape index (κ2) is 11.3. The Labute approximate surface area is 205 Å². The number of ether oxygens (including phenoxy) is 1. The van der Waals surface area contributed by atoms with Gasteiger partial charge in [-0.15, -0.1) is 0 Å². The largest absolute Gasteiger partial charge is 0.438 e. The van der Waals surface area contributed by atoms with E-state index in [0.29, 0.717) is 17.8 Å². The van der Waals surface area contributed by atoms with Gasteiger partial charge in [-0.1, -0.05) is 79.7 Å². The summed E-state index contributed by atoms with van der Waals surface area (Å²) in [7, 11) is 0. The molecule has 1 heterocycles. The molecule has 4 rings (SSSR count).